The van der Waals surface area contributed by atoms with Crippen LogP contribution in [-0.4, -0.2) is 71.8 Å². The van der Waals surface area contributed by atoms with Gasteiger partial charge in [-0.15, -0.1) is 11.3 Å². The molecule has 1 saturated heterocycles. The van der Waals surface area contributed by atoms with E-state index in [1.165, 1.54) is 18.3 Å². The van der Waals surface area contributed by atoms with E-state index < -0.39 is 11.9 Å². The highest BCUT2D eigenvalue weighted by atomic mass is 32.1. The largest absolute Gasteiger partial charge is 0.497 e. The first kappa shape index (κ1) is 25.2. The number of amides is 3. The minimum atomic E-state index is -0.750. The first-order chi connectivity index (χ1) is 17.4. The number of rotatable bonds is 8. The van der Waals surface area contributed by atoms with Gasteiger partial charge in [0.15, 0.2) is 5.13 Å². The Kier molecular flexibility index (Phi) is 8.17. The number of aromatic nitrogens is 1. The number of thiazole rings is 1. The quantitative estimate of drug-likeness (QED) is 0.486. The molecule has 1 aliphatic rings. The summed E-state index contributed by atoms with van der Waals surface area (Å²) < 4.78 is 5.24. The SMILES string of the molecule is COc1cccc(Nc2nc(C(=O)N[C@H](Cc3ccccc3)C(=O)N3CCN(C(C)=O)CC3)cs2)c1. The summed E-state index contributed by atoms with van der Waals surface area (Å²) in [6, 6.07) is 16.2. The van der Waals surface area contributed by atoms with E-state index in [4.69, 9.17) is 4.74 Å². The lowest BCUT2D eigenvalue weighted by molar-refractivity contribution is -0.139. The van der Waals surface area contributed by atoms with Crippen LogP contribution in [0.15, 0.2) is 60.0 Å². The molecule has 1 atom stereocenters. The number of nitrogens with zero attached hydrogens (tertiary/aromatic N) is 3. The van der Waals surface area contributed by atoms with Crippen LogP contribution < -0.4 is 15.4 Å². The molecule has 2 heterocycles. The number of carbonyl (C=O) groups is 3. The Morgan fingerprint density at radius 2 is 1.75 bits per heavy atom. The summed E-state index contributed by atoms with van der Waals surface area (Å²) in [5.41, 5.74) is 1.97. The number of methoxy groups -OCH3 is 1. The van der Waals surface area contributed by atoms with Crippen molar-refractivity contribution in [3.8, 4) is 5.75 Å². The molecule has 1 aromatic heterocycles. The molecule has 4 rings (SSSR count). The molecule has 0 saturated carbocycles. The van der Waals surface area contributed by atoms with Crippen LogP contribution in [0.1, 0.15) is 23.0 Å². The minimum Gasteiger partial charge on any atom is -0.497 e. The number of piperazine rings is 1. The van der Waals surface area contributed by atoms with E-state index in [9.17, 15) is 14.4 Å². The Balaban J connectivity index is 1.45. The van der Waals surface area contributed by atoms with Crippen molar-refractivity contribution in [3.05, 3.63) is 71.2 Å². The van der Waals surface area contributed by atoms with E-state index in [0.717, 1.165) is 11.3 Å². The fourth-order valence-electron chi connectivity index (χ4n) is 4.00. The van der Waals surface area contributed by atoms with Crippen LogP contribution in [-0.2, 0) is 16.0 Å². The molecule has 10 heteroatoms. The molecule has 0 unspecified atom stereocenters. The normalized spacial score (nSPS) is 14.2. The van der Waals surface area contributed by atoms with Crippen LogP contribution in [0.4, 0.5) is 10.8 Å². The zero-order valence-corrected chi connectivity index (χ0v) is 21.1. The molecule has 2 aromatic carbocycles. The van der Waals surface area contributed by atoms with Gasteiger partial charge in [-0.05, 0) is 17.7 Å². The van der Waals surface area contributed by atoms with Crippen molar-refractivity contribution in [2.45, 2.75) is 19.4 Å². The van der Waals surface area contributed by atoms with E-state index in [0.29, 0.717) is 43.5 Å². The molecule has 1 fully saturated rings. The number of anilines is 2. The molecule has 0 aliphatic carbocycles. The van der Waals surface area contributed by atoms with Crippen LogP contribution >= 0.6 is 11.3 Å². The van der Waals surface area contributed by atoms with Gasteiger partial charge in [0, 0.05) is 56.7 Å². The van der Waals surface area contributed by atoms with E-state index in [-0.39, 0.29) is 17.5 Å². The van der Waals surface area contributed by atoms with Crippen molar-refractivity contribution < 1.29 is 19.1 Å². The van der Waals surface area contributed by atoms with Crippen LogP contribution in [0.3, 0.4) is 0 Å². The van der Waals surface area contributed by atoms with E-state index in [2.05, 4.69) is 15.6 Å². The Morgan fingerprint density at radius 1 is 1.03 bits per heavy atom. The Morgan fingerprint density at radius 3 is 2.44 bits per heavy atom. The van der Waals surface area contributed by atoms with Crippen molar-refractivity contribution in [3.63, 3.8) is 0 Å². The fraction of sp³-hybridized carbons (Fsp3) is 0.308. The number of hydrogen-bond acceptors (Lipinski definition) is 7. The predicted molar refractivity (Wildman–Crippen MR) is 139 cm³/mol. The molecule has 9 nitrogen and oxygen atoms in total. The first-order valence-corrected chi connectivity index (χ1v) is 12.6. The molecule has 0 bridgehead atoms. The summed E-state index contributed by atoms with van der Waals surface area (Å²) in [6.45, 7) is 3.37. The Labute approximate surface area is 214 Å². The van der Waals surface area contributed by atoms with Gasteiger partial charge in [0.05, 0.1) is 7.11 Å². The van der Waals surface area contributed by atoms with Gasteiger partial charge in [-0.2, -0.15) is 0 Å². The summed E-state index contributed by atoms with van der Waals surface area (Å²) in [7, 11) is 1.60. The number of benzene rings is 2. The molecule has 0 spiro atoms. The van der Waals surface area contributed by atoms with Gasteiger partial charge >= 0.3 is 0 Å². The molecular formula is C26H29N5O4S. The molecule has 3 amide bonds. The van der Waals surface area contributed by atoms with Crippen molar-refractivity contribution in [1.82, 2.24) is 20.1 Å². The zero-order valence-electron chi connectivity index (χ0n) is 20.3. The highest BCUT2D eigenvalue weighted by Gasteiger charge is 2.30. The number of carbonyl (C=O) groups excluding carboxylic acids is 3. The first-order valence-electron chi connectivity index (χ1n) is 11.7. The Bertz CT molecular complexity index is 1210. The van der Waals surface area contributed by atoms with Gasteiger partial charge in [0.25, 0.3) is 5.91 Å². The van der Waals surface area contributed by atoms with E-state index in [1.807, 2.05) is 54.6 Å². The molecule has 36 heavy (non-hydrogen) atoms. The van der Waals surface area contributed by atoms with Gasteiger partial charge in [0.1, 0.15) is 17.5 Å². The lowest BCUT2D eigenvalue weighted by atomic mass is 10.0. The number of hydrogen-bond donors (Lipinski definition) is 2. The highest BCUT2D eigenvalue weighted by Crippen LogP contribution is 2.24. The van der Waals surface area contributed by atoms with E-state index >= 15 is 0 Å². The monoisotopic (exact) mass is 507 g/mol. The maximum Gasteiger partial charge on any atom is 0.271 e. The Hall–Kier alpha value is -3.92. The summed E-state index contributed by atoms with van der Waals surface area (Å²) in [5.74, 6) is 0.126. The summed E-state index contributed by atoms with van der Waals surface area (Å²) in [4.78, 5) is 46.0. The van der Waals surface area contributed by atoms with Gasteiger partial charge in [0.2, 0.25) is 11.8 Å². The van der Waals surface area contributed by atoms with Gasteiger partial charge in [-0.3, -0.25) is 14.4 Å². The van der Waals surface area contributed by atoms with Gasteiger partial charge in [-0.25, -0.2) is 4.98 Å². The predicted octanol–water partition coefficient (Wildman–Crippen LogP) is 2.93. The second-order valence-corrected chi connectivity index (χ2v) is 9.30. The van der Waals surface area contributed by atoms with Gasteiger partial charge < -0.3 is 25.2 Å². The van der Waals surface area contributed by atoms with Crippen molar-refractivity contribution in [2.75, 3.05) is 38.6 Å². The maximum absolute atomic E-state index is 13.4. The average molecular weight is 508 g/mol. The summed E-state index contributed by atoms with van der Waals surface area (Å²) in [6.07, 6.45) is 0.359. The lowest BCUT2D eigenvalue weighted by Gasteiger charge is -2.36. The third-order valence-corrected chi connectivity index (χ3v) is 6.74. The van der Waals surface area contributed by atoms with Crippen molar-refractivity contribution in [1.29, 1.82) is 0 Å². The summed E-state index contributed by atoms with van der Waals surface area (Å²) in [5, 5.41) is 8.28. The molecule has 2 N–H and O–H groups in total. The van der Waals surface area contributed by atoms with E-state index in [1.54, 1.807) is 22.3 Å². The lowest BCUT2D eigenvalue weighted by Crippen LogP contribution is -2.56. The van der Waals surface area contributed by atoms with Crippen LogP contribution in [0.2, 0.25) is 0 Å². The molecule has 3 aromatic rings. The molecule has 188 valence electrons. The third-order valence-electron chi connectivity index (χ3n) is 5.98. The minimum absolute atomic E-state index is 0.00173. The smallest absolute Gasteiger partial charge is 0.271 e. The standard InChI is InChI=1S/C26H29N5O4S/c1-18(32)30-11-13-31(14-12-30)25(34)22(15-19-7-4-3-5-8-19)28-24(33)23-17-36-26(29-23)27-20-9-6-10-21(16-20)35-2/h3-10,16-17,22H,11-15H2,1-2H3,(H,27,29)(H,28,33)/t22-/m1/s1. The average Bonchev–Trinajstić information content (AvgIpc) is 3.37. The van der Waals surface area contributed by atoms with Crippen LogP contribution in [0.5, 0.6) is 5.75 Å². The van der Waals surface area contributed by atoms with Crippen LogP contribution in [0.25, 0.3) is 0 Å². The van der Waals surface area contributed by atoms with Crippen molar-refractivity contribution >= 4 is 39.9 Å². The molecular weight excluding hydrogens is 478 g/mol. The highest BCUT2D eigenvalue weighted by molar-refractivity contribution is 7.14. The molecule has 0 radical (unpaired) electrons. The molecule has 1 aliphatic heterocycles. The maximum atomic E-state index is 13.4. The van der Waals surface area contributed by atoms with Gasteiger partial charge in [-0.1, -0.05) is 36.4 Å². The van der Waals surface area contributed by atoms with Crippen LogP contribution in [0, 0.1) is 0 Å². The topological polar surface area (TPSA) is 104 Å². The zero-order chi connectivity index (χ0) is 25.5. The fourth-order valence-corrected chi connectivity index (χ4v) is 4.71. The second-order valence-electron chi connectivity index (χ2n) is 8.44. The summed E-state index contributed by atoms with van der Waals surface area (Å²) >= 11 is 1.30. The second kappa shape index (κ2) is 11.7. The third kappa shape index (κ3) is 6.39. The van der Waals surface area contributed by atoms with Crippen molar-refractivity contribution in [2.24, 2.45) is 0 Å². The number of nitrogens with one attached hydrogen (secondary N) is 2. The number of ether oxygens (including phenoxy) is 1.